The highest BCUT2D eigenvalue weighted by Gasteiger charge is 2.30. The van der Waals surface area contributed by atoms with Crippen LogP contribution in [-0.2, 0) is 6.18 Å². The average Bonchev–Trinajstić information content (AvgIpc) is 2.14. The highest BCUT2D eigenvalue weighted by atomic mass is 79.9. The molecule has 1 rings (SSSR count). The zero-order valence-electron chi connectivity index (χ0n) is 8.66. The molecule has 88 valence electrons. The lowest BCUT2D eigenvalue weighted by Gasteiger charge is -2.12. The molecule has 0 amide bonds. The zero-order valence-corrected chi connectivity index (χ0v) is 10.2. The molecule has 0 aliphatic heterocycles. The van der Waals surface area contributed by atoms with Crippen molar-refractivity contribution in [1.29, 1.82) is 0 Å². The molecule has 16 heavy (non-hydrogen) atoms. The zero-order chi connectivity index (χ0) is 12.3. The van der Waals surface area contributed by atoms with E-state index in [4.69, 9.17) is 0 Å². The molecule has 0 saturated heterocycles. The van der Waals surface area contributed by atoms with Gasteiger partial charge in [0.1, 0.15) is 0 Å². The van der Waals surface area contributed by atoms with E-state index >= 15 is 0 Å². The molecule has 0 unspecified atom stereocenters. The molecule has 0 fully saturated rings. The first-order valence-electron chi connectivity index (χ1n) is 4.55. The van der Waals surface area contributed by atoms with Crippen LogP contribution in [0.1, 0.15) is 11.1 Å². The maximum absolute atomic E-state index is 12.4. The molecule has 0 saturated carbocycles. The standard InChI is InChI=1S/C11H11BrF3N/c1-7-3-4-9(11(13,14)15)5-10(7)16-6-8(2)12/h3-5,16H,2,6H2,1H3. The van der Waals surface area contributed by atoms with Gasteiger partial charge in [-0.3, -0.25) is 0 Å². The fraction of sp³-hybridized carbons (Fsp3) is 0.273. The summed E-state index contributed by atoms with van der Waals surface area (Å²) in [5, 5.41) is 2.88. The number of hydrogen-bond acceptors (Lipinski definition) is 1. The SMILES string of the molecule is C=C(Br)CNc1cc(C(F)(F)F)ccc1C. The van der Waals surface area contributed by atoms with E-state index in [1.54, 1.807) is 6.92 Å². The van der Waals surface area contributed by atoms with Gasteiger partial charge in [0.15, 0.2) is 0 Å². The second-order valence-electron chi connectivity index (χ2n) is 3.40. The summed E-state index contributed by atoms with van der Waals surface area (Å²) in [6.07, 6.45) is -4.31. The van der Waals surface area contributed by atoms with Crippen LogP contribution in [-0.4, -0.2) is 6.54 Å². The third-order valence-electron chi connectivity index (χ3n) is 2.04. The molecule has 1 aromatic carbocycles. The van der Waals surface area contributed by atoms with Crippen molar-refractivity contribution in [2.75, 3.05) is 11.9 Å². The molecule has 0 aliphatic carbocycles. The minimum atomic E-state index is -4.31. The maximum Gasteiger partial charge on any atom is 0.416 e. The summed E-state index contributed by atoms with van der Waals surface area (Å²) < 4.78 is 38.0. The van der Waals surface area contributed by atoms with Gasteiger partial charge in [-0.1, -0.05) is 28.6 Å². The Balaban J connectivity index is 2.95. The van der Waals surface area contributed by atoms with Crippen LogP contribution < -0.4 is 5.32 Å². The van der Waals surface area contributed by atoms with Crippen LogP contribution in [0.2, 0.25) is 0 Å². The van der Waals surface area contributed by atoms with E-state index in [1.807, 2.05) is 0 Å². The summed E-state index contributed by atoms with van der Waals surface area (Å²) in [5.74, 6) is 0. The number of benzene rings is 1. The van der Waals surface area contributed by atoms with Crippen molar-refractivity contribution in [3.05, 3.63) is 40.4 Å². The highest BCUT2D eigenvalue weighted by Crippen LogP contribution is 2.32. The van der Waals surface area contributed by atoms with Crippen molar-refractivity contribution < 1.29 is 13.2 Å². The molecule has 1 N–H and O–H groups in total. The van der Waals surface area contributed by atoms with Crippen molar-refractivity contribution >= 4 is 21.6 Å². The van der Waals surface area contributed by atoms with Gasteiger partial charge >= 0.3 is 6.18 Å². The first-order chi connectivity index (χ1) is 7.30. The van der Waals surface area contributed by atoms with Gasteiger partial charge in [0, 0.05) is 16.7 Å². The summed E-state index contributed by atoms with van der Waals surface area (Å²) >= 11 is 3.14. The number of anilines is 1. The molecule has 5 heteroatoms. The summed E-state index contributed by atoms with van der Waals surface area (Å²) in [5.41, 5.74) is 0.581. The minimum absolute atomic E-state index is 0.391. The van der Waals surface area contributed by atoms with Gasteiger partial charge in [0.05, 0.1) is 5.56 Å². The van der Waals surface area contributed by atoms with E-state index in [1.165, 1.54) is 6.07 Å². The molecule has 0 spiro atoms. The van der Waals surface area contributed by atoms with Crippen molar-refractivity contribution in [3.63, 3.8) is 0 Å². The number of nitrogens with one attached hydrogen (secondary N) is 1. The van der Waals surface area contributed by atoms with Gasteiger partial charge in [-0.25, -0.2) is 0 Å². The second-order valence-corrected chi connectivity index (χ2v) is 4.52. The lowest BCUT2D eigenvalue weighted by Crippen LogP contribution is -2.08. The summed E-state index contributed by atoms with van der Waals surface area (Å²) in [6, 6.07) is 3.62. The Morgan fingerprint density at radius 2 is 2.06 bits per heavy atom. The first kappa shape index (κ1) is 13.1. The maximum atomic E-state index is 12.4. The van der Waals surface area contributed by atoms with Gasteiger partial charge in [0.2, 0.25) is 0 Å². The number of halogens is 4. The highest BCUT2D eigenvalue weighted by molar-refractivity contribution is 9.11. The molecule has 0 aromatic heterocycles. The molecule has 1 nitrogen and oxygen atoms in total. The first-order valence-corrected chi connectivity index (χ1v) is 5.35. The average molecular weight is 294 g/mol. The Labute approximate surface area is 100 Å². The van der Waals surface area contributed by atoms with E-state index in [2.05, 4.69) is 27.8 Å². The summed E-state index contributed by atoms with van der Waals surface area (Å²) in [4.78, 5) is 0. The van der Waals surface area contributed by atoms with E-state index < -0.39 is 11.7 Å². The number of hydrogen-bond donors (Lipinski definition) is 1. The van der Waals surface area contributed by atoms with Crippen molar-refractivity contribution in [1.82, 2.24) is 0 Å². The molecule has 0 aliphatic rings. The Kier molecular flexibility index (Phi) is 4.02. The van der Waals surface area contributed by atoms with Gasteiger partial charge in [-0.05, 0) is 24.6 Å². The molecular formula is C11H11BrF3N. The van der Waals surface area contributed by atoms with Crippen LogP contribution in [0.3, 0.4) is 0 Å². The summed E-state index contributed by atoms with van der Waals surface area (Å²) in [7, 11) is 0. The molecule has 0 bridgehead atoms. The van der Waals surface area contributed by atoms with Crippen molar-refractivity contribution in [3.8, 4) is 0 Å². The van der Waals surface area contributed by atoms with E-state index in [0.29, 0.717) is 16.7 Å². The lowest BCUT2D eigenvalue weighted by molar-refractivity contribution is -0.137. The molecule has 0 radical (unpaired) electrons. The fourth-order valence-corrected chi connectivity index (χ4v) is 1.32. The van der Waals surface area contributed by atoms with E-state index in [9.17, 15) is 13.2 Å². The topological polar surface area (TPSA) is 12.0 Å². The van der Waals surface area contributed by atoms with Gasteiger partial charge in [-0.2, -0.15) is 13.2 Å². The number of aryl methyl sites for hydroxylation is 1. The van der Waals surface area contributed by atoms with Gasteiger partial charge < -0.3 is 5.32 Å². The van der Waals surface area contributed by atoms with Crippen LogP contribution in [0.5, 0.6) is 0 Å². The van der Waals surface area contributed by atoms with Crippen LogP contribution in [0.25, 0.3) is 0 Å². The van der Waals surface area contributed by atoms with Crippen molar-refractivity contribution in [2.24, 2.45) is 0 Å². The van der Waals surface area contributed by atoms with Crippen LogP contribution >= 0.6 is 15.9 Å². The largest absolute Gasteiger partial charge is 0.416 e. The molecule has 0 heterocycles. The fourth-order valence-electron chi connectivity index (χ4n) is 1.18. The lowest BCUT2D eigenvalue weighted by atomic mass is 10.1. The van der Waals surface area contributed by atoms with Gasteiger partial charge in [0.25, 0.3) is 0 Å². The Bertz CT molecular complexity index is 399. The normalized spacial score (nSPS) is 11.3. The molecule has 0 atom stereocenters. The number of alkyl halides is 3. The monoisotopic (exact) mass is 293 g/mol. The Morgan fingerprint density at radius 1 is 1.44 bits per heavy atom. The molecule has 1 aromatic rings. The Hall–Kier alpha value is -0.970. The number of rotatable bonds is 3. The van der Waals surface area contributed by atoms with Crippen LogP contribution in [0.15, 0.2) is 29.3 Å². The third-order valence-corrected chi connectivity index (χ3v) is 2.32. The molecular weight excluding hydrogens is 283 g/mol. The minimum Gasteiger partial charge on any atom is -0.380 e. The van der Waals surface area contributed by atoms with Crippen LogP contribution in [0.4, 0.5) is 18.9 Å². The Morgan fingerprint density at radius 3 is 2.56 bits per heavy atom. The van der Waals surface area contributed by atoms with E-state index in [-0.39, 0.29) is 0 Å². The predicted octanol–water partition coefficient (Wildman–Crippen LogP) is 4.33. The smallest absolute Gasteiger partial charge is 0.380 e. The van der Waals surface area contributed by atoms with E-state index in [0.717, 1.165) is 17.7 Å². The predicted molar refractivity (Wildman–Crippen MR) is 62.7 cm³/mol. The second kappa shape index (κ2) is 4.91. The van der Waals surface area contributed by atoms with Gasteiger partial charge in [-0.15, -0.1) is 0 Å². The summed E-state index contributed by atoms with van der Waals surface area (Å²) in [6.45, 7) is 5.74. The third kappa shape index (κ3) is 3.56. The quantitative estimate of drug-likeness (QED) is 0.874. The van der Waals surface area contributed by atoms with Crippen LogP contribution in [0, 0.1) is 6.92 Å². The van der Waals surface area contributed by atoms with Crippen molar-refractivity contribution in [2.45, 2.75) is 13.1 Å².